The standard InChI is InChI=1S/C24H24N2S/c1-17-13-14-21(18(2)15-17)16-27-24-25-22(19-9-5-3-6-10-19)23(26-24)20-11-7-4-8-12-20/h3-15,22-23H,16H2,1-2H3,(H,25,26)/t22-,23+. The lowest BCUT2D eigenvalue weighted by molar-refractivity contribution is 0.573. The zero-order valence-corrected chi connectivity index (χ0v) is 16.5. The van der Waals surface area contributed by atoms with Crippen molar-refractivity contribution in [3.63, 3.8) is 0 Å². The topological polar surface area (TPSA) is 24.4 Å². The van der Waals surface area contributed by atoms with Crippen molar-refractivity contribution in [3.05, 3.63) is 107 Å². The van der Waals surface area contributed by atoms with E-state index in [0.717, 1.165) is 10.9 Å². The van der Waals surface area contributed by atoms with E-state index in [1.165, 1.54) is 27.8 Å². The number of benzene rings is 3. The number of aryl methyl sites for hydroxylation is 2. The summed E-state index contributed by atoms with van der Waals surface area (Å²) in [6.07, 6.45) is 0. The van der Waals surface area contributed by atoms with Crippen molar-refractivity contribution in [2.24, 2.45) is 4.99 Å². The molecule has 0 aromatic heterocycles. The van der Waals surface area contributed by atoms with Crippen molar-refractivity contribution in [1.82, 2.24) is 5.32 Å². The highest BCUT2D eigenvalue weighted by atomic mass is 32.2. The Balaban J connectivity index is 1.56. The second-order valence-electron chi connectivity index (χ2n) is 7.04. The first-order valence-corrected chi connectivity index (χ1v) is 10.3. The summed E-state index contributed by atoms with van der Waals surface area (Å²) < 4.78 is 0. The molecule has 4 rings (SSSR count). The zero-order valence-electron chi connectivity index (χ0n) is 15.7. The summed E-state index contributed by atoms with van der Waals surface area (Å²) in [6.45, 7) is 4.33. The highest BCUT2D eigenvalue weighted by Crippen LogP contribution is 2.38. The molecule has 0 bridgehead atoms. The molecule has 0 saturated carbocycles. The Morgan fingerprint density at radius 1 is 0.852 bits per heavy atom. The molecule has 27 heavy (non-hydrogen) atoms. The minimum Gasteiger partial charge on any atom is -0.356 e. The summed E-state index contributed by atoms with van der Waals surface area (Å²) in [7, 11) is 0. The number of nitrogens with one attached hydrogen (secondary N) is 1. The van der Waals surface area contributed by atoms with E-state index >= 15 is 0 Å². The molecule has 0 radical (unpaired) electrons. The van der Waals surface area contributed by atoms with Gasteiger partial charge in [-0.2, -0.15) is 0 Å². The molecule has 0 spiro atoms. The van der Waals surface area contributed by atoms with Crippen LogP contribution in [0.4, 0.5) is 0 Å². The molecule has 1 N–H and O–H groups in total. The maximum atomic E-state index is 5.05. The number of rotatable bonds is 4. The van der Waals surface area contributed by atoms with Crippen molar-refractivity contribution in [2.75, 3.05) is 0 Å². The smallest absolute Gasteiger partial charge is 0.158 e. The van der Waals surface area contributed by atoms with Crippen molar-refractivity contribution >= 4 is 16.9 Å². The Kier molecular flexibility index (Phi) is 5.30. The van der Waals surface area contributed by atoms with Crippen LogP contribution in [-0.2, 0) is 5.75 Å². The third kappa shape index (κ3) is 4.09. The van der Waals surface area contributed by atoms with E-state index in [0.29, 0.717) is 0 Å². The number of thioether (sulfide) groups is 1. The summed E-state index contributed by atoms with van der Waals surface area (Å²) in [5.41, 5.74) is 6.55. The van der Waals surface area contributed by atoms with Gasteiger partial charge in [0.25, 0.3) is 0 Å². The van der Waals surface area contributed by atoms with Crippen LogP contribution < -0.4 is 5.32 Å². The molecule has 2 atom stereocenters. The summed E-state index contributed by atoms with van der Waals surface area (Å²) in [5.74, 6) is 0.932. The molecule has 1 aliphatic rings. The molecule has 0 unspecified atom stereocenters. The van der Waals surface area contributed by atoms with Crippen LogP contribution in [0, 0.1) is 13.8 Å². The molecule has 1 aliphatic heterocycles. The van der Waals surface area contributed by atoms with E-state index in [9.17, 15) is 0 Å². The summed E-state index contributed by atoms with van der Waals surface area (Å²) in [5, 5.41) is 4.70. The fraction of sp³-hybridized carbons (Fsp3) is 0.208. The second-order valence-corrected chi connectivity index (χ2v) is 8.01. The van der Waals surface area contributed by atoms with Crippen LogP contribution >= 0.6 is 11.8 Å². The Hall–Kier alpha value is -2.52. The van der Waals surface area contributed by atoms with Gasteiger partial charge in [0.15, 0.2) is 5.17 Å². The van der Waals surface area contributed by atoms with Gasteiger partial charge in [-0.05, 0) is 36.1 Å². The van der Waals surface area contributed by atoms with Crippen LogP contribution in [0.1, 0.15) is 39.9 Å². The lowest BCUT2D eigenvalue weighted by Gasteiger charge is -2.19. The van der Waals surface area contributed by atoms with Gasteiger partial charge in [0.05, 0.1) is 6.04 Å². The van der Waals surface area contributed by atoms with E-state index in [4.69, 9.17) is 4.99 Å². The summed E-state index contributed by atoms with van der Waals surface area (Å²) in [6, 6.07) is 28.2. The maximum Gasteiger partial charge on any atom is 0.158 e. The SMILES string of the molecule is Cc1ccc(CSC2=N[C@@H](c3ccccc3)[C@@H](c3ccccc3)N2)c(C)c1. The predicted molar refractivity (Wildman–Crippen MR) is 116 cm³/mol. The molecule has 3 heteroatoms. The third-order valence-electron chi connectivity index (χ3n) is 5.01. The zero-order chi connectivity index (χ0) is 18.6. The normalized spacial score (nSPS) is 18.8. The van der Waals surface area contributed by atoms with Gasteiger partial charge >= 0.3 is 0 Å². The molecule has 3 aromatic rings. The monoisotopic (exact) mass is 372 g/mol. The Bertz CT molecular complexity index is 935. The van der Waals surface area contributed by atoms with Crippen LogP contribution in [-0.4, -0.2) is 5.17 Å². The first-order valence-electron chi connectivity index (χ1n) is 9.34. The van der Waals surface area contributed by atoms with E-state index < -0.39 is 0 Å². The van der Waals surface area contributed by atoms with Crippen LogP contribution in [0.2, 0.25) is 0 Å². The van der Waals surface area contributed by atoms with Crippen molar-refractivity contribution in [1.29, 1.82) is 0 Å². The van der Waals surface area contributed by atoms with E-state index in [1.807, 2.05) is 0 Å². The van der Waals surface area contributed by atoms with Gasteiger partial charge in [-0.1, -0.05) is 96.2 Å². The average Bonchev–Trinajstić information content (AvgIpc) is 3.13. The van der Waals surface area contributed by atoms with Gasteiger partial charge in [0.2, 0.25) is 0 Å². The lowest BCUT2D eigenvalue weighted by Crippen LogP contribution is -2.22. The van der Waals surface area contributed by atoms with Crippen molar-refractivity contribution < 1.29 is 0 Å². The van der Waals surface area contributed by atoms with Gasteiger partial charge in [-0.15, -0.1) is 0 Å². The summed E-state index contributed by atoms with van der Waals surface area (Å²) in [4.78, 5) is 5.05. The van der Waals surface area contributed by atoms with E-state index in [-0.39, 0.29) is 12.1 Å². The largest absolute Gasteiger partial charge is 0.356 e. The first-order chi connectivity index (χ1) is 13.2. The van der Waals surface area contributed by atoms with Gasteiger partial charge in [-0.3, -0.25) is 4.99 Å². The minimum atomic E-state index is 0.107. The molecule has 0 aliphatic carbocycles. The number of hydrogen-bond acceptors (Lipinski definition) is 3. The quantitative estimate of drug-likeness (QED) is 0.609. The van der Waals surface area contributed by atoms with E-state index in [1.54, 1.807) is 11.8 Å². The third-order valence-corrected chi connectivity index (χ3v) is 5.97. The molecular weight excluding hydrogens is 348 g/mol. The number of hydrogen-bond donors (Lipinski definition) is 1. The number of amidine groups is 1. The fourth-order valence-electron chi connectivity index (χ4n) is 3.53. The number of nitrogens with zero attached hydrogens (tertiary/aromatic N) is 1. The minimum absolute atomic E-state index is 0.107. The Morgan fingerprint density at radius 3 is 2.19 bits per heavy atom. The van der Waals surface area contributed by atoms with Gasteiger partial charge in [0.1, 0.15) is 6.04 Å². The number of aliphatic imine (C=N–C) groups is 1. The maximum absolute atomic E-state index is 5.05. The van der Waals surface area contributed by atoms with Crippen LogP contribution in [0.5, 0.6) is 0 Å². The molecule has 136 valence electrons. The highest BCUT2D eigenvalue weighted by molar-refractivity contribution is 8.13. The molecular formula is C24H24N2S. The molecule has 3 aromatic carbocycles. The molecule has 2 nitrogen and oxygen atoms in total. The van der Waals surface area contributed by atoms with Crippen LogP contribution in [0.25, 0.3) is 0 Å². The van der Waals surface area contributed by atoms with Crippen molar-refractivity contribution in [2.45, 2.75) is 31.7 Å². The van der Waals surface area contributed by atoms with Crippen molar-refractivity contribution in [3.8, 4) is 0 Å². The Morgan fingerprint density at radius 2 is 1.52 bits per heavy atom. The van der Waals surface area contributed by atoms with Gasteiger partial charge in [-0.25, -0.2) is 0 Å². The Labute approximate surface area is 165 Å². The van der Waals surface area contributed by atoms with Gasteiger partial charge in [0, 0.05) is 5.75 Å². The summed E-state index contributed by atoms with van der Waals surface area (Å²) >= 11 is 1.79. The molecule has 0 amide bonds. The second kappa shape index (κ2) is 8.01. The highest BCUT2D eigenvalue weighted by Gasteiger charge is 2.31. The molecule has 0 saturated heterocycles. The fourth-order valence-corrected chi connectivity index (χ4v) is 4.54. The average molecular weight is 373 g/mol. The molecule has 0 fully saturated rings. The molecule has 1 heterocycles. The van der Waals surface area contributed by atoms with Crippen LogP contribution in [0.3, 0.4) is 0 Å². The predicted octanol–water partition coefficient (Wildman–Crippen LogP) is 5.98. The van der Waals surface area contributed by atoms with E-state index in [2.05, 4.69) is 98.0 Å². The first kappa shape index (κ1) is 17.9. The van der Waals surface area contributed by atoms with Gasteiger partial charge < -0.3 is 5.32 Å². The van der Waals surface area contributed by atoms with Crippen LogP contribution in [0.15, 0.2) is 83.9 Å². The lowest BCUT2D eigenvalue weighted by atomic mass is 9.95.